The van der Waals surface area contributed by atoms with E-state index in [0.717, 1.165) is 11.3 Å². The van der Waals surface area contributed by atoms with Gasteiger partial charge in [-0.05, 0) is 28.1 Å². The summed E-state index contributed by atoms with van der Waals surface area (Å²) in [6.45, 7) is 0. The first kappa shape index (κ1) is 14.4. The molecule has 0 fully saturated rings. The maximum atomic E-state index is 13.0. The molecule has 0 unspecified atom stereocenters. The minimum atomic E-state index is -3.96. The number of halogens is 4. The van der Waals surface area contributed by atoms with E-state index in [1.807, 2.05) is 4.72 Å². The van der Waals surface area contributed by atoms with Gasteiger partial charge in [-0.2, -0.15) is 0 Å². The van der Waals surface area contributed by atoms with Crippen molar-refractivity contribution in [3.8, 4) is 0 Å². The molecule has 1 aromatic carbocycles. The van der Waals surface area contributed by atoms with Crippen LogP contribution in [0.25, 0.3) is 0 Å². The molecular weight excluding hydrogens is 367 g/mol. The lowest BCUT2D eigenvalue weighted by Gasteiger charge is -2.07. The van der Waals surface area contributed by atoms with Gasteiger partial charge in [0.05, 0.1) is 9.47 Å². The molecule has 1 aromatic heterocycles. The van der Waals surface area contributed by atoms with Gasteiger partial charge in [0.1, 0.15) is 4.21 Å². The predicted molar refractivity (Wildman–Crippen MR) is 69.1 cm³/mol. The van der Waals surface area contributed by atoms with Crippen molar-refractivity contribution in [2.75, 3.05) is 4.72 Å². The maximum absolute atomic E-state index is 13.0. The number of hydrogen-bond acceptors (Lipinski definition) is 3. The zero-order valence-corrected chi connectivity index (χ0v) is 12.2. The van der Waals surface area contributed by atoms with Gasteiger partial charge in [0.2, 0.25) is 0 Å². The van der Waals surface area contributed by atoms with E-state index in [1.165, 1.54) is 12.1 Å². The minimum Gasteiger partial charge on any atom is -0.279 e. The van der Waals surface area contributed by atoms with Crippen molar-refractivity contribution in [3.05, 3.63) is 45.5 Å². The fraction of sp³-hybridized carbons (Fsp3) is 0. The zero-order chi connectivity index (χ0) is 14.2. The van der Waals surface area contributed by atoms with Gasteiger partial charge >= 0.3 is 0 Å². The molecule has 0 bridgehead atoms. The van der Waals surface area contributed by atoms with E-state index in [4.69, 9.17) is 0 Å². The fourth-order valence-corrected chi connectivity index (χ4v) is 4.31. The molecule has 9 heteroatoms. The van der Waals surface area contributed by atoms with E-state index in [2.05, 4.69) is 15.9 Å². The summed E-state index contributed by atoms with van der Waals surface area (Å²) in [4.78, 5) is 0. The van der Waals surface area contributed by atoms with Crippen LogP contribution in [0.15, 0.2) is 32.3 Å². The smallest absolute Gasteiger partial charge is 0.271 e. The van der Waals surface area contributed by atoms with Crippen molar-refractivity contribution in [3.63, 3.8) is 0 Å². The summed E-state index contributed by atoms with van der Waals surface area (Å²) in [5.74, 6) is -4.59. The van der Waals surface area contributed by atoms with Gasteiger partial charge in [-0.3, -0.25) is 4.72 Å². The number of thiophene rings is 1. The summed E-state index contributed by atoms with van der Waals surface area (Å²) in [7, 11) is -3.96. The van der Waals surface area contributed by atoms with Crippen LogP contribution < -0.4 is 4.72 Å². The van der Waals surface area contributed by atoms with E-state index in [0.29, 0.717) is 15.9 Å². The summed E-state index contributed by atoms with van der Waals surface area (Å²) < 4.78 is 64.9. The van der Waals surface area contributed by atoms with E-state index in [-0.39, 0.29) is 9.90 Å². The second-order valence-electron chi connectivity index (χ2n) is 3.42. The van der Waals surface area contributed by atoms with E-state index >= 15 is 0 Å². The minimum absolute atomic E-state index is 0.0375. The highest BCUT2D eigenvalue weighted by Gasteiger charge is 2.19. The van der Waals surface area contributed by atoms with Crippen molar-refractivity contribution < 1.29 is 21.6 Å². The molecule has 0 spiro atoms. The Hall–Kier alpha value is -1.06. The van der Waals surface area contributed by atoms with Gasteiger partial charge in [0.15, 0.2) is 17.5 Å². The maximum Gasteiger partial charge on any atom is 0.271 e. The Bertz CT molecular complexity index is 707. The highest BCUT2D eigenvalue weighted by Crippen LogP contribution is 2.28. The Morgan fingerprint density at radius 2 is 1.68 bits per heavy atom. The Morgan fingerprint density at radius 3 is 2.16 bits per heavy atom. The van der Waals surface area contributed by atoms with E-state index < -0.39 is 27.5 Å². The molecule has 0 saturated heterocycles. The summed E-state index contributed by atoms with van der Waals surface area (Å²) in [5, 5.41) is 0. The Morgan fingerprint density at radius 1 is 1.11 bits per heavy atom. The number of benzene rings is 1. The van der Waals surface area contributed by atoms with Gasteiger partial charge in [-0.1, -0.05) is 0 Å². The molecule has 2 aromatic rings. The number of nitrogens with one attached hydrogen (secondary N) is 1. The van der Waals surface area contributed by atoms with Crippen LogP contribution >= 0.6 is 27.3 Å². The van der Waals surface area contributed by atoms with Crippen molar-refractivity contribution in [1.82, 2.24) is 0 Å². The molecule has 0 saturated carbocycles. The SMILES string of the molecule is O=S(=O)(Nc1cc(F)c(F)c(F)c1)c1ccc(Br)s1. The molecule has 0 amide bonds. The van der Waals surface area contributed by atoms with Crippen molar-refractivity contribution in [2.24, 2.45) is 0 Å². The van der Waals surface area contributed by atoms with Gasteiger partial charge in [0, 0.05) is 12.1 Å². The fourth-order valence-electron chi connectivity index (χ4n) is 1.26. The normalized spacial score (nSPS) is 11.6. The van der Waals surface area contributed by atoms with Crippen LogP contribution in [0.5, 0.6) is 0 Å². The van der Waals surface area contributed by atoms with Crippen LogP contribution in [0.2, 0.25) is 0 Å². The summed E-state index contributed by atoms with van der Waals surface area (Å²) in [6.07, 6.45) is 0. The molecule has 1 heterocycles. The molecule has 0 atom stereocenters. The van der Waals surface area contributed by atoms with Gasteiger partial charge in [-0.25, -0.2) is 21.6 Å². The van der Waals surface area contributed by atoms with E-state index in [9.17, 15) is 21.6 Å². The van der Waals surface area contributed by atoms with Crippen LogP contribution in [-0.4, -0.2) is 8.42 Å². The second kappa shape index (κ2) is 5.14. The third-order valence-electron chi connectivity index (χ3n) is 2.05. The predicted octanol–water partition coefficient (Wildman–Crippen LogP) is 3.73. The molecule has 2 rings (SSSR count). The molecule has 102 valence electrons. The standard InChI is InChI=1S/C10H5BrF3NO2S2/c11-8-1-2-9(18-8)19(16,17)15-5-3-6(12)10(14)7(13)4-5/h1-4,15H. The highest BCUT2D eigenvalue weighted by molar-refractivity contribution is 9.11. The Kier molecular flexibility index (Phi) is 3.88. The summed E-state index contributed by atoms with van der Waals surface area (Å²) in [6, 6.07) is 3.98. The summed E-state index contributed by atoms with van der Waals surface area (Å²) >= 11 is 4.03. The van der Waals surface area contributed by atoms with Crippen LogP contribution in [0.3, 0.4) is 0 Å². The monoisotopic (exact) mass is 371 g/mol. The molecule has 0 aliphatic heterocycles. The molecule has 3 nitrogen and oxygen atoms in total. The first-order chi connectivity index (χ1) is 8.79. The van der Waals surface area contributed by atoms with Crippen LogP contribution in [-0.2, 0) is 10.0 Å². The Labute approximate surface area is 119 Å². The number of rotatable bonds is 3. The lowest BCUT2D eigenvalue weighted by atomic mass is 10.3. The van der Waals surface area contributed by atoms with Crippen LogP contribution in [0, 0.1) is 17.5 Å². The van der Waals surface area contributed by atoms with Crippen molar-refractivity contribution >= 4 is 43.0 Å². The molecule has 19 heavy (non-hydrogen) atoms. The third-order valence-corrected chi connectivity index (χ3v) is 5.55. The molecule has 0 aliphatic rings. The highest BCUT2D eigenvalue weighted by atomic mass is 79.9. The van der Waals surface area contributed by atoms with Gasteiger partial charge in [0.25, 0.3) is 10.0 Å². The average molecular weight is 372 g/mol. The quantitative estimate of drug-likeness (QED) is 0.835. The average Bonchev–Trinajstić information content (AvgIpc) is 2.73. The Balaban J connectivity index is 2.36. The molecule has 0 radical (unpaired) electrons. The van der Waals surface area contributed by atoms with E-state index in [1.54, 1.807) is 0 Å². The third kappa shape index (κ3) is 3.10. The topological polar surface area (TPSA) is 46.2 Å². The zero-order valence-electron chi connectivity index (χ0n) is 8.95. The largest absolute Gasteiger partial charge is 0.279 e. The first-order valence-corrected chi connectivity index (χ1v) is 7.81. The lowest BCUT2D eigenvalue weighted by Crippen LogP contribution is -2.12. The van der Waals surface area contributed by atoms with Crippen LogP contribution in [0.4, 0.5) is 18.9 Å². The van der Waals surface area contributed by atoms with Crippen molar-refractivity contribution in [1.29, 1.82) is 0 Å². The molecule has 1 N–H and O–H groups in total. The lowest BCUT2D eigenvalue weighted by molar-refractivity contribution is 0.448. The number of hydrogen-bond donors (Lipinski definition) is 1. The van der Waals surface area contributed by atoms with Crippen LogP contribution in [0.1, 0.15) is 0 Å². The molecular formula is C10H5BrF3NO2S2. The van der Waals surface area contributed by atoms with Gasteiger partial charge < -0.3 is 0 Å². The second-order valence-corrected chi connectivity index (χ2v) is 7.79. The number of anilines is 1. The first-order valence-electron chi connectivity index (χ1n) is 4.72. The number of sulfonamides is 1. The summed E-state index contributed by atoms with van der Waals surface area (Å²) in [5.41, 5.74) is -0.388. The van der Waals surface area contributed by atoms with Crippen molar-refractivity contribution in [2.45, 2.75) is 4.21 Å². The van der Waals surface area contributed by atoms with Gasteiger partial charge in [-0.15, -0.1) is 11.3 Å². The molecule has 0 aliphatic carbocycles.